The molecule has 0 fully saturated rings. The fourth-order valence-electron chi connectivity index (χ4n) is 2.91. The molecule has 0 saturated heterocycles. The Morgan fingerprint density at radius 1 is 0.800 bits per heavy atom. The lowest BCUT2D eigenvalue weighted by molar-refractivity contribution is 0.0111. The van der Waals surface area contributed by atoms with Crippen LogP contribution in [0.3, 0.4) is 0 Å². The van der Waals surface area contributed by atoms with E-state index in [4.69, 9.17) is 12.2 Å². The van der Waals surface area contributed by atoms with Crippen molar-refractivity contribution in [3.05, 3.63) is 65.2 Å². The molecule has 0 radical (unpaired) electrons. The van der Waals surface area contributed by atoms with Crippen molar-refractivity contribution in [1.82, 2.24) is 10.0 Å². The lowest BCUT2D eigenvalue weighted by atomic mass is 10.0. The summed E-state index contributed by atoms with van der Waals surface area (Å²) in [6.07, 6.45) is 0. The maximum atomic E-state index is 5.57. The van der Waals surface area contributed by atoms with Crippen molar-refractivity contribution < 1.29 is 0 Å². The molecule has 0 unspecified atom stereocenters. The number of rotatable bonds is 0. The van der Waals surface area contributed by atoms with Gasteiger partial charge in [0.15, 0.2) is 5.11 Å². The first-order chi connectivity index (χ1) is 9.81. The van der Waals surface area contributed by atoms with Crippen LogP contribution in [-0.2, 0) is 19.6 Å². The minimum atomic E-state index is 0.782. The Morgan fingerprint density at radius 2 is 1.40 bits per heavy atom. The maximum Gasteiger partial charge on any atom is 0.188 e. The SMILES string of the molecule is S=C1Nc2ccccc2CN2Cc3ccccc3CN12. The summed E-state index contributed by atoms with van der Waals surface area (Å²) < 4.78 is 0. The minimum Gasteiger partial charge on any atom is -0.331 e. The lowest BCUT2D eigenvalue weighted by Gasteiger charge is -2.39. The summed E-state index contributed by atoms with van der Waals surface area (Å²) >= 11 is 5.57. The summed E-state index contributed by atoms with van der Waals surface area (Å²) in [6, 6.07) is 17.0. The Bertz CT molecular complexity index is 683. The zero-order valence-electron chi connectivity index (χ0n) is 11.0. The number of thiocarbonyl (C=S) groups is 1. The van der Waals surface area contributed by atoms with Crippen LogP contribution in [0, 0.1) is 0 Å². The van der Waals surface area contributed by atoms with Gasteiger partial charge in [0, 0.05) is 18.8 Å². The molecule has 2 aliphatic rings. The molecule has 0 amide bonds. The molecule has 4 rings (SSSR count). The van der Waals surface area contributed by atoms with Crippen LogP contribution >= 0.6 is 12.2 Å². The number of hydrazine groups is 1. The smallest absolute Gasteiger partial charge is 0.188 e. The quantitative estimate of drug-likeness (QED) is 0.748. The highest BCUT2D eigenvalue weighted by Gasteiger charge is 2.28. The molecule has 2 heterocycles. The predicted octanol–water partition coefficient (Wildman–Crippen LogP) is 3.13. The van der Waals surface area contributed by atoms with Crippen molar-refractivity contribution in [3.8, 4) is 0 Å². The van der Waals surface area contributed by atoms with Crippen molar-refractivity contribution in [2.75, 3.05) is 5.32 Å². The molecule has 3 nitrogen and oxygen atoms in total. The Morgan fingerprint density at radius 3 is 2.20 bits per heavy atom. The van der Waals surface area contributed by atoms with Crippen molar-refractivity contribution in [1.29, 1.82) is 0 Å². The van der Waals surface area contributed by atoms with E-state index >= 15 is 0 Å². The second-order valence-electron chi connectivity index (χ2n) is 5.24. The Kier molecular flexibility index (Phi) is 2.72. The van der Waals surface area contributed by atoms with Crippen LogP contribution in [0.4, 0.5) is 5.69 Å². The van der Waals surface area contributed by atoms with Crippen molar-refractivity contribution in [2.45, 2.75) is 19.6 Å². The monoisotopic (exact) mass is 281 g/mol. The van der Waals surface area contributed by atoms with Gasteiger partial charge in [-0.05, 0) is 35.0 Å². The van der Waals surface area contributed by atoms with Crippen LogP contribution < -0.4 is 5.32 Å². The molecule has 4 heteroatoms. The summed E-state index contributed by atoms with van der Waals surface area (Å²) in [5.74, 6) is 0. The average Bonchev–Trinajstić information content (AvgIpc) is 2.61. The first kappa shape index (κ1) is 11.9. The van der Waals surface area contributed by atoms with E-state index in [0.717, 1.165) is 30.4 Å². The van der Waals surface area contributed by atoms with Crippen molar-refractivity contribution in [3.63, 3.8) is 0 Å². The summed E-state index contributed by atoms with van der Waals surface area (Å²) in [5.41, 5.74) is 5.16. The molecule has 1 N–H and O–H groups in total. The molecule has 0 atom stereocenters. The predicted molar refractivity (Wildman–Crippen MR) is 83.9 cm³/mol. The fraction of sp³-hybridized carbons (Fsp3) is 0.188. The highest BCUT2D eigenvalue weighted by Crippen LogP contribution is 2.29. The summed E-state index contributed by atoms with van der Waals surface area (Å²) in [7, 11) is 0. The number of fused-ring (bicyclic) bond motifs is 3. The van der Waals surface area contributed by atoms with Gasteiger partial charge in [-0.15, -0.1) is 0 Å². The second-order valence-corrected chi connectivity index (χ2v) is 5.62. The van der Waals surface area contributed by atoms with E-state index in [1.807, 2.05) is 6.07 Å². The highest BCUT2D eigenvalue weighted by atomic mass is 32.1. The molecule has 0 aliphatic carbocycles. The fourth-order valence-corrected chi connectivity index (χ4v) is 3.20. The standard InChI is InChI=1S/C16H15N3S/c20-16-17-15-8-4-3-7-14(15)10-18-9-12-5-1-2-6-13(12)11-19(16)18/h1-8H,9-11H2,(H,17,20). The van der Waals surface area contributed by atoms with E-state index < -0.39 is 0 Å². The van der Waals surface area contributed by atoms with Gasteiger partial charge < -0.3 is 5.32 Å². The van der Waals surface area contributed by atoms with E-state index in [1.54, 1.807) is 0 Å². The Labute approximate surface area is 123 Å². The molecule has 0 bridgehead atoms. The minimum absolute atomic E-state index is 0.782. The van der Waals surface area contributed by atoms with Gasteiger partial charge in [-0.1, -0.05) is 42.5 Å². The summed E-state index contributed by atoms with van der Waals surface area (Å²) in [6.45, 7) is 2.64. The van der Waals surface area contributed by atoms with Crippen molar-refractivity contribution in [2.24, 2.45) is 0 Å². The number of para-hydroxylation sites is 1. The molecule has 0 aromatic heterocycles. The van der Waals surface area contributed by atoms with Crippen LogP contribution in [0.5, 0.6) is 0 Å². The van der Waals surface area contributed by atoms with Crippen LogP contribution in [0.2, 0.25) is 0 Å². The van der Waals surface area contributed by atoms with Crippen LogP contribution in [0.15, 0.2) is 48.5 Å². The second kappa shape index (κ2) is 4.58. The van der Waals surface area contributed by atoms with Gasteiger partial charge >= 0.3 is 0 Å². The molecular weight excluding hydrogens is 266 g/mol. The summed E-state index contributed by atoms with van der Waals surface area (Å²) in [4.78, 5) is 0. The topological polar surface area (TPSA) is 18.5 Å². The number of anilines is 1. The van der Waals surface area contributed by atoms with Gasteiger partial charge in [-0.3, -0.25) is 5.01 Å². The molecule has 100 valence electrons. The van der Waals surface area contributed by atoms with E-state index in [2.05, 4.69) is 57.8 Å². The van der Waals surface area contributed by atoms with Gasteiger partial charge in [-0.2, -0.15) is 0 Å². The molecule has 2 aromatic carbocycles. The molecule has 2 aromatic rings. The zero-order valence-corrected chi connectivity index (χ0v) is 11.9. The average molecular weight is 281 g/mol. The Hall–Kier alpha value is -1.91. The molecule has 2 aliphatic heterocycles. The van der Waals surface area contributed by atoms with E-state index in [9.17, 15) is 0 Å². The van der Waals surface area contributed by atoms with E-state index in [1.165, 1.54) is 16.7 Å². The van der Waals surface area contributed by atoms with E-state index in [0.29, 0.717) is 0 Å². The molecule has 20 heavy (non-hydrogen) atoms. The normalized spacial score (nSPS) is 17.6. The highest BCUT2D eigenvalue weighted by molar-refractivity contribution is 7.80. The van der Waals surface area contributed by atoms with Crippen LogP contribution in [0.1, 0.15) is 16.7 Å². The third-order valence-corrected chi connectivity index (χ3v) is 4.29. The van der Waals surface area contributed by atoms with Gasteiger partial charge in [0.05, 0.1) is 6.54 Å². The Balaban J connectivity index is 1.75. The summed E-state index contributed by atoms with van der Waals surface area (Å²) in [5, 5.41) is 8.65. The molecule has 0 saturated carbocycles. The number of hydrogen-bond donors (Lipinski definition) is 1. The number of hydrogen-bond acceptors (Lipinski definition) is 2. The third kappa shape index (κ3) is 1.88. The lowest BCUT2D eigenvalue weighted by Crippen LogP contribution is -2.48. The van der Waals surface area contributed by atoms with Crippen LogP contribution in [-0.4, -0.2) is 15.1 Å². The first-order valence-electron chi connectivity index (χ1n) is 6.79. The largest absolute Gasteiger partial charge is 0.331 e. The number of nitrogens with one attached hydrogen (secondary N) is 1. The number of nitrogens with zero attached hydrogens (tertiary/aromatic N) is 2. The van der Waals surface area contributed by atoms with Gasteiger partial charge in [0.1, 0.15) is 0 Å². The van der Waals surface area contributed by atoms with Crippen LogP contribution in [0.25, 0.3) is 0 Å². The van der Waals surface area contributed by atoms with Gasteiger partial charge in [0.25, 0.3) is 0 Å². The van der Waals surface area contributed by atoms with Crippen molar-refractivity contribution >= 4 is 23.0 Å². The molecule has 0 spiro atoms. The van der Waals surface area contributed by atoms with E-state index in [-0.39, 0.29) is 0 Å². The van der Waals surface area contributed by atoms with Gasteiger partial charge in [-0.25, -0.2) is 5.01 Å². The first-order valence-corrected chi connectivity index (χ1v) is 7.20. The third-order valence-electron chi connectivity index (χ3n) is 3.98. The molecular formula is C16H15N3S. The van der Waals surface area contributed by atoms with Gasteiger partial charge in [0.2, 0.25) is 0 Å². The zero-order chi connectivity index (χ0) is 13.5. The number of benzene rings is 2. The maximum absolute atomic E-state index is 5.57.